The molecule has 0 saturated heterocycles. The molecule has 0 atom stereocenters. The zero-order valence-electron chi connectivity index (χ0n) is 13.0. The van der Waals surface area contributed by atoms with Crippen LogP contribution < -0.4 is 10.6 Å². The van der Waals surface area contributed by atoms with Gasteiger partial charge in [0.05, 0.1) is 6.54 Å². The van der Waals surface area contributed by atoms with Crippen LogP contribution in [-0.2, 0) is 17.8 Å². The molecule has 1 heterocycles. The third kappa shape index (κ3) is 5.54. The first-order valence-electron chi connectivity index (χ1n) is 7.54. The molecule has 122 valence electrons. The highest BCUT2D eigenvalue weighted by Gasteiger charge is 2.13. The van der Waals surface area contributed by atoms with Gasteiger partial charge in [-0.1, -0.05) is 35.5 Å². The molecule has 0 bridgehead atoms. The summed E-state index contributed by atoms with van der Waals surface area (Å²) in [5.74, 6) is -0.328. The predicted octanol–water partition coefficient (Wildman–Crippen LogP) is 1.46. The summed E-state index contributed by atoms with van der Waals surface area (Å²) in [5, 5.41) is 8.62. The predicted molar refractivity (Wildman–Crippen MR) is 83.5 cm³/mol. The molecule has 1 aromatic heterocycles. The Bertz CT molecular complexity index is 640. The fourth-order valence-corrected chi connectivity index (χ4v) is 2.05. The maximum Gasteiger partial charge on any atom is 0.292 e. The van der Waals surface area contributed by atoms with Crippen LogP contribution in [0.5, 0.6) is 0 Å². The van der Waals surface area contributed by atoms with E-state index in [1.807, 2.05) is 18.2 Å². The molecule has 2 amide bonds. The molecule has 0 aliphatic carbocycles. The van der Waals surface area contributed by atoms with Crippen LogP contribution >= 0.6 is 0 Å². The summed E-state index contributed by atoms with van der Waals surface area (Å²) >= 11 is 0. The maximum atomic E-state index is 11.7. The molecule has 23 heavy (non-hydrogen) atoms. The molecule has 0 unspecified atom stereocenters. The van der Waals surface area contributed by atoms with Gasteiger partial charge in [0, 0.05) is 13.5 Å². The SMILES string of the molecule is CNC(=O)c1noc(CNC(=O)CCCCc2ccccc2)n1. The van der Waals surface area contributed by atoms with Gasteiger partial charge in [0.15, 0.2) is 0 Å². The molecule has 7 nitrogen and oxygen atoms in total. The Morgan fingerprint density at radius 2 is 1.96 bits per heavy atom. The molecule has 2 N–H and O–H groups in total. The number of unbranched alkanes of at least 4 members (excludes halogenated alkanes) is 1. The lowest BCUT2D eigenvalue weighted by molar-refractivity contribution is -0.121. The Morgan fingerprint density at radius 1 is 1.17 bits per heavy atom. The average Bonchev–Trinajstić information content (AvgIpc) is 3.06. The van der Waals surface area contributed by atoms with E-state index < -0.39 is 5.91 Å². The summed E-state index contributed by atoms with van der Waals surface area (Å²) in [5.41, 5.74) is 1.28. The van der Waals surface area contributed by atoms with Crippen LogP contribution in [0.15, 0.2) is 34.9 Å². The molecule has 7 heteroatoms. The molecule has 0 radical (unpaired) electrons. The zero-order valence-corrected chi connectivity index (χ0v) is 13.0. The molecule has 2 aromatic rings. The third-order valence-electron chi connectivity index (χ3n) is 3.30. The summed E-state index contributed by atoms with van der Waals surface area (Å²) in [7, 11) is 1.48. The van der Waals surface area contributed by atoms with Crippen molar-refractivity contribution in [1.82, 2.24) is 20.8 Å². The lowest BCUT2D eigenvalue weighted by atomic mass is 10.1. The highest BCUT2D eigenvalue weighted by molar-refractivity contribution is 5.89. The first kappa shape index (κ1) is 16.7. The minimum atomic E-state index is -0.424. The number of rotatable bonds is 8. The molecule has 1 aromatic carbocycles. The van der Waals surface area contributed by atoms with Crippen molar-refractivity contribution >= 4 is 11.8 Å². The number of hydrogen-bond donors (Lipinski definition) is 2. The first-order chi connectivity index (χ1) is 11.2. The number of carbonyl (C=O) groups is 2. The van der Waals surface area contributed by atoms with Crippen molar-refractivity contribution in [3.8, 4) is 0 Å². The van der Waals surface area contributed by atoms with Crippen LogP contribution in [0.3, 0.4) is 0 Å². The maximum absolute atomic E-state index is 11.7. The summed E-state index contributed by atoms with van der Waals surface area (Å²) in [6, 6.07) is 10.2. The Morgan fingerprint density at radius 3 is 2.70 bits per heavy atom. The number of amides is 2. The number of nitrogens with zero attached hydrogens (tertiary/aromatic N) is 2. The van der Waals surface area contributed by atoms with Crippen LogP contribution in [0, 0.1) is 0 Å². The highest BCUT2D eigenvalue weighted by atomic mass is 16.5. The van der Waals surface area contributed by atoms with Crippen LogP contribution in [0.4, 0.5) is 0 Å². The van der Waals surface area contributed by atoms with Crippen LogP contribution in [0.2, 0.25) is 0 Å². The number of aromatic nitrogens is 2. The fraction of sp³-hybridized carbons (Fsp3) is 0.375. The molecule has 2 rings (SSSR count). The normalized spacial score (nSPS) is 10.3. The summed E-state index contributed by atoms with van der Waals surface area (Å²) in [4.78, 5) is 26.9. The van der Waals surface area contributed by atoms with E-state index in [2.05, 4.69) is 32.9 Å². The molecule has 0 spiro atoms. The van der Waals surface area contributed by atoms with Gasteiger partial charge in [0.1, 0.15) is 0 Å². The lowest BCUT2D eigenvalue weighted by Gasteiger charge is -2.03. The Labute approximate surface area is 134 Å². The topological polar surface area (TPSA) is 97.1 Å². The van der Waals surface area contributed by atoms with E-state index >= 15 is 0 Å². The Kier molecular flexibility index (Phi) is 6.28. The smallest absolute Gasteiger partial charge is 0.292 e. The van der Waals surface area contributed by atoms with Crippen molar-refractivity contribution in [2.45, 2.75) is 32.2 Å². The quantitative estimate of drug-likeness (QED) is 0.719. The van der Waals surface area contributed by atoms with E-state index in [4.69, 9.17) is 4.52 Å². The summed E-state index contributed by atoms with van der Waals surface area (Å²) < 4.78 is 4.88. The summed E-state index contributed by atoms with van der Waals surface area (Å²) in [6.45, 7) is 0.127. The number of carbonyl (C=O) groups excluding carboxylic acids is 2. The Hall–Kier alpha value is -2.70. The molecular weight excluding hydrogens is 296 g/mol. The standard InChI is InChI=1S/C16H20N4O3/c1-17-16(22)15-19-14(23-20-15)11-18-13(21)10-6-5-9-12-7-3-2-4-8-12/h2-4,7-8H,5-6,9-11H2,1H3,(H,17,22)(H,18,21). The van der Waals surface area contributed by atoms with E-state index in [0.717, 1.165) is 19.3 Å². The van der Waals surface area contributed by atoms with Crippen molar-refractivity contribution in [3.63, 3.8) is 0 Å². The molecule has 0 aliphatic heterocycles. The van der Waals surface area contributed by atoms with Crippen LogP contribution in [0.1, 0.15) is 41.3 Å². The van der Waals surface area contributed by atoms with Crippen molar-refractivity contribution in [1.29, 1.82) is 0 Å². The second kappa shape index (κ2) is 8.67. The van der Waals surface area contributed by atoms with Gasteiger partial charge in [0.2, 0.25) is 11.8 Å². The van der Waals surface area contributed by atoms with Gasteiger partial charge >= 0.3 is 0 Å². The fourth-order valence-electron chi connectivity index (χ4n) is 2.05. The van der Waals surface area contributed by atoms with Gasteiger partial charge in [-0.3, -0.25) is 9.59 Å². The minimum Gasteiger partial charge on any atom is -0.352 e. The van der Waals surface area contributed by atoms with E-state index in [-0.39, 0.29) is 24.2 Å². The van der Waals surface area contributed by atoms with Gasteiger partial charge in [0.25, 0.3) is 11.7 Å². The number of aryl methyl sites for hydroxylation is 1. The van der Waals surface area contributed by atoms with Crippen molar-refractivity contribution in [2.24, 2.45) is 0 Å². The van der Waals surface area contributed by atoms with Gasteiger partial charge < -0.3 is 15.2 Å². The number of hydrogen-bond acceptors (Lipinski definition) is 5. The van der Waals surface area contributed by atoms with Crippen LogP contribution in [-0.4, -0.2) is 29.0 Å². The van der Waals surface area contributed by atoms with E-state index in [1.165, 1.54) is 12.6 Å². The van der Waals surface area contributed by atoms with Gasteiger partial charge in [-0.15, -0.1) is 0 Å². The molecule has 0 aliphatic rings. The molecular formula is C16H20N4O3. The monoisotopic (exact) mass is 316 g/mol. The highest BCUT2D eigenvalue weighted by Crippen LogP contribution is 2.06. The second-order valence-electron chi connectivity index (χ2n) is 5.06. The second-order valence-corrected chi connectivity index (χ2v) is 5.06. The average molecular weight is 316 g/mol. The molecule has 0 saturated carbocycles. The van der Waals surface area contributed by atoms with Crippen molar-refractivity contribution in [2.75, 3.05) is 7.05 Å². The molecule has 0 fully saturated rings. The zero-order chi connectivity index (χ0) is 16.5. The van der Waals surface area contributed by atoms with E-state index in [1.54, 1.807) is 0 Å². The van der Waals surface area contributed by atoms with E-state index in [0.29, 0.717) is 6.42 Å². The minimum absolute atomic E-state index is 0.0420. The number of nitrogens with one attached hydrogen (secondary N) is 2. The Balaban J connectivity index is 1.63. The van der Waals surface area contributed by atoms with Gasteiger partial charge in [-0.05, 0) is 24.8 Å². The van der Waals surface area contributed by atoms with Gasteiger partial charge in [-0.2, -0.15) is 4.98 Å². The van der Waals surface area contributed by atoms with Crippen LogP contribution in [0.25, 0.3) is 0 Å². The van der Waals surface area contributed by atoms with Crippen molar-refractivity contribution in [3.05, 3.63) is 47.6 Å². The third-order valence-corrected chi connectivity index (χ3v) is 3.30. The van der Waals surface area contributed by atoms with E-state index in [9.17, 15) is 9.59 Å². The van der Waals surface area contributed by atoms with Gasteiger partial charge in [-0.25, -0.2) is 0 Å². The number of benzene rings is 1. The first-order valence-corrected chi connectivity index (χ1v) is 7.54. The lowest BCUT2D eigenvalue weighted by Crippen LogP contribution is -2.23. The largest absolute Gasteiger partial charge is 0.352 e. The van der Waals surface area contributed by atoms with Crippen molar-refractivity contribution < 1.29 is 14.1 Å². The summed E-state index contributed by atoms with van der Waals surface area (Å²) in [6.07, 6.45) is 3.18.